The van der Waals surface area contributed by atoms with E-state index >= 15 is 0 Å². The van der Waals surface area contributed by atoms with Crippen molar-refractivity contribution in [3.05, 3.63) is 0 Å². The fourth-order valence-electron chi connectivity index (χ4n) is 2.49. The topological polar surface area (TPSA) is 32.8 Å². The summed E-state index contributed by atoms with van der Waals surface area (Å²) in [4.78, 5) is 15.1. The smallest absolute Gasteiger partial charge is 0.209 e. The first-order valence-electron chi connectivity index (χ1n) is 5.88. The quantitative estimate of drug-likeness (QED) is 0.626. The third kappa shape index (κ3) is 3.18. The Morgan fingerprint density at radius 1 is 1.27 bits per heavy atom. The summed E-state index contributed by atoms with van der Waals surface area (Å²) >= 11 is 0. The molecule has 0 spiro atoms. The molecular weight excluding hydrogens is 192 g/mol. The molecule has 0 aromatic rings. The van der Waals surface area contributed by atoms with Crippen molar-refractivity contribution in [2.75, 3.05) is 45.9 Å². The molecule has 15 heavy (non-hydrogen) atoms. The van der Waals surface area contributed by atoms with E-state index in [0.29, 0.717) is 5.92 Å². The zero-order valence-electron chi connectivity index (χ0n) is 9.23. The standard InChI is InChI=1S/C11H20N2O2/c14-10-13-3-1-2-11(9-13)8-12-4-6-15-7-5-12/h10-11H,1-9H2. The summed E-state index contributed by atoms with van der Waals surface area (Å²) in [5.74, 6) is 0.669. The van der Waals surface area contributed by atoms with Gasteiger partial charge in [0.1, 0.15) is 0 Å². The van der Waals surface area contributed by atoms with E-state index in [1.54, 1.807) is 0 Å². The average Bonchev–Trinajstić information content (AvgIpc) is 2.31. The molecule has 2 aliphatic heterocycles. The van der Waals surface area contributed by atoms with E-state index in [2.05, 4.69) is 4.90 Å². The van der Waals surface area contributed by atoms with Gasteiger partial charge >= 0.3 is 0 Å². The van der Waals surface area contributed by atoms with Crippen molar-refractivity contribution >= 4 is 6.41 Å². The molecule has 1 atom stereocenters. The number of nitrogens with zero attached hydrogens (tertiary/aromatic N) is 2. The summed E-state index contributed by atoms with van der Waals surface area (Å²) in [6, 6.07) is 0. The number of rotatable bonds is 3. The number of hydrogen-bond acceptors (Lipinski definition) is 3. The van der Waals surface area contributed by atoms with Crippen LogP contribution in [-0.2, 0) is 9.53 Å². The van der Waals surface area contributed by atoms with Crippen LogP contribution in [-0.4, -0.2) is 62.1 Å². The molecule has 4 nitrogen and oxygen atoms in total. The van der Waals surface area contributed by atoms with E-state index in [1.807, 2.05) is 4.90 Å². The van der Waals surface area contributed by atoms with Crippen LogP contribution in [0.4, 0.5) is 0 Å². The highest BCUT2D eigenvalue weighted by Crippen LogP contribution is 2.16. The molecule has 2 heterocycles. The van der Waals surface area contributed by atoms with Gasteiger partial charge in [0.25, 0.3) is 0 Å². The van der Waals surface area contributed by atoms with E-state index in [0.717, 1.165) is 58.8 Å². The minimum Gasteiger partial charge on any atom is -0.379 e. The maximum absolute atomic E-state index is 10.7. The van der Waals surface area contributed by atoms with Crippen LogP contribution in [0.25, 0.3) is 0 Å². The molecule has 2 aliphatic rings. The molecular formula is C11H20N2O2. The van der Waals surface area contributed by atoms with Gasteiger partial charge in [-0.25, -0.2) is 0 Å². The number of amides is 1. The third-order valence-electron chi connectivity index (χ3n) is 3.32. The zero-order valence-corrected chi connectivity index (χ0v) is 9.23. The van der Waals surface area contributed by atoms with Crippen LogP contribution in [0.3, 0.4) is 0 Å². The summed E-state index contributed by atoms with van der Waals surface area (Å²) in [6.07, 6.45) is 3.42. The molecule has 2 rings (SSSR count). The predicted octanol–water partition coefficient (Wildman–Crippen LogP) is 0.187. The zero-order chi connectivity index (χ0) is 10.5. The second-order valence-corrected chi connectivity index (χ2v) is 4.52. The number of likely N-dealkylation sites (tertiary alicyclic amines) is 1. The number of carbonyl (C=O) groups is 1. The number of carbonyl (C=O) groups excluding carboxylic acids is 1. The Bertz CT molecular complexity index is 205. The van der Waals surface area contributed by atoms with Gasteiger partial charge in [0, 0.05) is 32.7 Å². The average molecular weight is 212 g/mol. The first-order valence-corrected chi connectivity index (χ1v) is 5.88. The van der Waals surface area contributed by atoms with Crippen LogP contribution in [0.5, 0.6) is 0 Å². The SMILES string of the molecule is O=CN1CCCC(CN2CCOCC2)C1. The van der Waals surface area contributed by atoms with Gasteiger partial charge in [-0.1, -0.05) is 0 Å². The van der Waals surface area contributed by atoms with E-state index in [1.165, 1.54) is 6.42 Å². The molecule has 0 aliphatic carbocycles. The van der Waals surface area contributed by atoms with Crippen molar-refractivity contribution in [3.8, 4) is 0 Å². The highest BCUT2D eigenvalue weighted by molar-refractivity contribution is 5.47. The second-order valence-electron chi connectivity index (χ2n) is 4.52. The summed E-state index contributed by atoms with van der Waals surface area (Å²) < 4.78 is 5.32. The van der Waals surface area contributed by atoms with Crippen molar-refractivity contribution in [2.24, 2.45) is 5.92 Å². The lowest BCUT2D eigenvalue weighted by Gasteiger charge is -2.35. The third-order valence-corrected chi connectivity index (χ3v) is 3.32. The van der Waals surface area contributed by atoms with Gasteiger partial charge in [-0.15, -0.1) is 0 Å². The summed E-state index contributed by atoms with van der Waals surface area (Å²) in [7, 11) is 0. The van der Waals surface area contributed by atoms with Crippen LogP contribution in [0.1, 0.15) is 12.8 Å². The fraction of sp³-hybridized carbons (Fsp3) is 0.909. The number of hydrogen-bond donors (Lipinski definition) is 0. The van der Waals surface area contributed by atoms with Crippen molar-refractivity contribution in [2.45, 2.75) is 12.8 Å². The molecule has 0 saturated carbocycles. The van der Waals surface area contributed by atoms with Gasteiger partial charge in [-0.05, 0) is 18.8 Å². The number of ether oxygens (including phenoxy) is 1. The summed E-state index contributed by atoms with van der Waals surface area (Å²) in [5.41, 5.74) is 0. The maximum atomic E-state index is 10.7. The Hall–Kier alpha value is -0.610. The molecule has 0 aromatic heterocycles. The molecule has 2 fully saturated rings. The van der Waals surface area contributed by atoms with Crippen molar-refractivity contribution < 1.29 is 9.53 Å². The predicted molar refractivity (Wildman–Crippen MR) is 57.6 cm³/mol. The van der Waals surface area contributed by atoms with Crippen molar-refractivity contribution in [1.29, 1.82) is 0 Å². The number of morpholine rings is 1. The molecule has 2 saturated heterocycles. The lowest BCUT2D eigenvalue weighted by Crippen LogP contribution is -2.44. The Balaban J connectivity index is 1.75. The van der Waals surface area contributed by atoms with Crippen LogP contribution in [0.2, 0.25) is 0 Å². The maximum Gasteiger partial charge on any atom is 0.209 e. The summed E-state index contributed by atoms with van der Waals surface area (Å²) in [5, 5.41) is 0. The normalized spacial score (nSPS) is 29.1. The Labute approximate surface area is 91.2 Å². The van der Waals surface area contributed by atoms with Crippen LogP contribution in [0.15, 0.2) is 0 Å². The lowest BCUT2D eigenvalue weighted by molar-refractivity contribution is -0.120. The van der Waals surface area contributed by atoms with Crippen molar-refractivity contribution in [1.82, 2.24) is 9.80 Å². The lowest BCUT2D eigenvalue weighted by atomic mass is 9.98. The van der Waals surface area contributed by atoms with E-state index in [9.17, 15) is 4.79 Å². The summed E-state index contributed by atoms with van der Waals surface area (Å²) in [6.45, 7) is 6.86. The highest BCUT2D eigenvalue weighted by Gasteiger charge is 2.21. The van der Waals surface area contributed by atoms with Gasteiger partial charge in [0.2, 0.25) is 6.41 Å². The fourth-order valence-corrected chi connectivity index (χ4v) is 2.49. The van der Waals surface area contributed by atoms with Crippen LogP contribution in [0, 0.1) is 5.92 Å². The van der Waals surface area contributed by atoms with Gasteiger partial charge < -0.3 is 9.64 Å². The molecule has 4 heteroatoms. The Kier molecular flexibility index (Phi) is 3.97. The molecule has 0 radical (unpaired) electrons. The minimum absolute atomic E-state index is 0.669. The van der Waals surface area contributed by atoms with E-state index in [-0.39, 0.29) is 0 Å². The van der Waals surface area contributed by atoms with E-state index in [4.69, 9.17) is 4.74 Å². The van der Waals surface area contributed by atoms with Crippen LogP contribution < -0.4 is 0 Å². The second kappa shape index (κ2) is 5.47. The van der Waals surface area contributed by atoms with Gasteiger partial charge in [0.15, 0.2) is 0 Å². The van der Waals surface area contributed by atoms with Gasteiger partial charge in [-0.3, -0.25) is 9.69 Å². The molecule has 1 unspecified atom stereocenters. The highest BCUT2D eigenvalue weighted by atomic mass is 16.5. The van der Waals surface area contributed by atoms with Crippen molar-refractivity contribution in [3.63, 3.8) is 0 Å². The van der Waals surface area contributed by atoms with E-state index < -0.39 is 0 Å². The molecule has 86 valence electrons. The minimum atomic E-state index is 0.669. The first-order chi connectivity index (χ1) is 7.38. The Morgan fingerprint density at radius 2 is 2.07 bits per heavy atom. The molecule has 0 N–H and O–H groups in total. The molecule has 1 amide bonds. The first kappa shape index (κ1) is 10.9. The van der Waals surface area contributed by atoms with Gasteiger partial charge in [0.05, 0.1) is 13.2 Å². The molecule has 0 bridgehead atoms. The van der Waals surface area contributed by atoms with Gasteiger partial charge in [-0.2, -0.15) is 0 Å². The Morgan fingerprint density at radius 3 is 2.80 bits per heavy atom. The monoisotopic (exact) mass is 212 g/mol. The number of piperidine rings is 1. The van der Waals surface area contributed by atoms with Crippen LogP contribution >= 0.6 is 0 Å². The molecule has 0 aromatic carbocycles. The largest absolute Gasteiger partial charge is 0.379 e.